The summed E-state index contributed by atoms with van der Waals surface area (Å²) in [6, 6.07) is 10.5. The van der Waals surface area contributed by atoms with Crippen molar-refractivity contribution in [3.05, 3.63) is 68.1 Å². The minimum Gasteiger partial charge on any atom is -0.496 e. The maximum atomic E-state index is 11.2. The van der Waals surface area contributed by atoms with Gasteiger partial charge in [-0.25, -0.2) is 0 Å². The first-order chi connectivity index (χ1) is 11.4. The maximum absolute atomic E-state index is 11.2. The number of methoxy groups -OCH3 is 1. The van der Waals surface area contributed by atoms with Crippen molar-refractivity contribution in [2.45, 2.75) is 25.4 Å². The summed E-state index contributed by atoms with van der Waals surface area (Å²) in [4.78, 5) is 10.8. The fraction of sp³-hybridized carbons (Fsp3) is 0.263. The van der Waals surface area contributed by atoms with Gasteiger partial charge in [0.15, 0.2) is 0 Å². The van der Waals surface area contributed by atoms with Crippen LogP contribution in [0.2, 0.25) is 0 Å². The van der Waals surface area contributed by atoms with E-state index >= 15 is 0 Å². The highest BCUT2D eigenvalue weighted by Crippen LogP contribution is 2.36. The molecule has 1 atom stereocenters. The van der Waals surface area contributed by atoms with Crippen LogP contribution in [0.1, 0.15) is 30.9 Å². The third-order valence-corrected chi connectivity index (χ3v) is 4.38. The number of nitro benzene ring substituents is 1. The summed E-state index contributed by atoms with van der Waals surface area (Å²) in [5, 5.41) is 23.4. The van der Waals surface area contributed by atoms with E-state index in [1.54, 1.807) is 25.3 Å². The van der Waals surface area contributed by atoms with Gasteiger partial charge in [-0.1, -0.05) is 38.1 Å². The molecule has 0 spiro atoms. The monoisotopic (exact) mass is 325 g/mol. The third kappa shape index (κ3) is 2.57. The molecule has 2 aromatic carbocycles. The molecule has 124 valence electrons. The number of hydrogen-bond donors (Lipinski definition) is 1. The van der Waals surface area contributed by atoms with Gasteiger partial charge in [0.1, 0.15) is 11.4 Å². The molecule has 0 saturated carbocycles. The lowest BCUT2D eigenvalue weighted by Crippen LogP contribution is -2.23. The fourth-order valence-corrected chi connectivity index (χ4v) is 3.06. The lowest BCUT2D eigenvalue weighted by Gasteiger charge is -2.22. The minimum atomic E-state index is -1.44. The Morgan fingerprint density at radius 3 is 2.58 bits per heavy atom. The van der Waals surface area contributed by atoms with Crippen molar-refractivity contribution < 1.29 is 14.8 Å². The molecule has 0 amide bonds. The smallest absolute Gasteiger partial charge is 0.276 e. The van der Waals surface area contributed by atoms with E-state index in [0.717, 1.165) is 5.56 Å². The van der Waals surface area contributed by atoms with Crippen LogP contribution in [0.5, 0.6) is 5.75 Å². The largest absolute Gasteiger partial charge is 0.496 e. The molecule has 0 aliphatic heterocycles. The average molecular weight is 325 g/mol. The summed E-state index contributed by atoms with van der Waals surface area (Å²) in [5.41, 5.74) is 0.216. The Labute approximate surface area is 139 Å². The van der Waals surface area contributed by atoms with Gasteiger partial charge in [0.05, 0.1) is 17.3 Å². The molecule has 1 aliphatic carbocycles. The van der Waals surface area contributed by atoms with Crippen LogP contribution in [0.25, 0.3) is 12.2 Å². The number of nitrogens with zero attached hydrogens (tertiary/aromatic N) is 1. The van der Waals surface area contributed by atoms with Crippen LogP contribution in [0.15, 0.2) is 36.4 Å². The van der Waals surface area contributed by atoms with Crippen molar-refractivity contribution >= 4 is 17.8 Å². The molecule has 1 unspecified atom stereocenters. The van der Waals surface area contributed by atoms with Gasteiger partial charge in [0.2, 0.25) is 0 Å². The number of nitro groups is 1. The van der Waals surface area contributed by atoms with Crippen molar-refractivity contribution in [3.63, 3.8) is 0 Å². The van der Waals surface area contributed by atoms with Crippen molar-refractivity contribution in [1.29, 1.82) is 0 Å². The lowest BCUT2D eigenvalue weighted by molar-refractivity contribution is -0.386. The molecular formula is C19H19NO4. The Bertz CT molecular complexity index is 933. The van der Waals surface area contributed by atoms with Crippen LogP contribution in [-0.2, 0) is 5.60 Å². The quantitative estimate of drug-likeness (QED) is 0.691. The maximum Gasteiger partial charge on any atom is 0.276 e. The van der Waals surface area contributed by atoms with Gasteiger partial charge < -0.3 is 9.84 Å². The van der Waals surface area contributed by atoms with Gasteiger partial charge in [-0.3, -0.25) is 10.1 Å². The predicted octanol–water partition coefficient (Wildman–Crippen LogP) is 2.19. The van der Waals surface area contributed by atoms with Crippen LogP contribution in [0.3, 0.4) is 0 Å². The van der Waals surface area contributed by atoms with Gasteiger partial charge in [-0.2, -0.15) is 0 Å². The van der Waals surface area contributed by atoms with Crippen molar-refractivity contribution in [1.82, 2.24) is 0 Å². The molecule has 24 heavy (non-hydrogen) atoms. The Morgan fingerprint density at radius 1 is 1.21 bits per heavy atom. The molecule has 0 radical (unpaired) electrons. The van der Waals surface area contributed by atoms with E-state index in [9.17, 15) is 15.2 Å². The Morgan fingerprint density at radius 2 is 1.96 bits per heavy atom. The minimum absolute atomic E-state index is 0.0163. The molecule has 0 bridgehead atoms. The highest BCUT2D eigenvalue weighted by molar-refractivity contribution is 5.69. The van der Waals surface area contributed by atoms with Gasteiger partial charge in [-0.05, 0) is 34.9 Å². The van der Waals surface area contributed by atoms with Gasteiger partial charge in [0, 0.05) is 11.6 Å². The Balaban J connectivity index is 2.20. The second-order valence-corrected chi connectivity index (χ2v) is 6.27. The van der Waals surface area contributed by atoms with Crippen LogP contribution >= 0.6 is 0 Å². The summed E-state index contributed by atoms with van der Waals surface area (Å²) in [5.74, 6) is 0.893. The molecule has 1 N–H and O–H groups in total. The number of rotatable bonds is 4. The zero-order chi connectivity index (χ0) is 17.5. The third-order valence-electron chi connectivity index (χ3n) is 4.38. The van der Waals surface area contributed by atoms with Gasteiger partial charge >= 0.3 is 0 Å². The van der Waals surface area contributed by atoms with Gasteiger partial charge in [0.25, 0.3) is 5.69 Å². The zero-order valence-corrected chi connectivity index (χ0v) is 13.8. The predicted molar refractivity (Wildman–Crippen MR) is 92.3 cm³/mol. The van der Waals surface area contributed by atoms with Crippen molar-refractivity contribution in [2.75, 3.05) is 7.11 Å². The Hall–Kier alpha value is -2.66. The van der Waals surface area contributed by atoms with E-state index in [1.165, 1.54) is 12.1 Å². The second kappa shape index (κ2) is 5.76. The SMILES string of the molecule is COc1cc(C(C)C)ccc1C1(O)C=c2cccc([N+](=O)[O-])c2=C1. The number of aliphatic hydroxyl groups is 1. The molecular weight excluding hydrogens is 306 g/mol. The number of ether oxygens (including phenoxy) is 1. The molecule has 0 aromatic heterocycles. The van der Waals surface area contributed by atoms with Crippen LogP contribution in [0.4, 0.5) is 5.69 Å². The summed E-state index contributed by atoms with van der Waals surface area (Å²) in [7, 11) is 1.55. The van der Waals surface area contributed by atoms with Gasteiger partial charge in [-0.15, -0.1) is 0 Å². The summed E-state index contributed by atoms with van der Waals surface area (Å²) < 4.78 is 5.46. The van der Waals surface area contributed by atoms with Crippen molar-refractivity contribution in [3.8, 4) is 5.75 Å². The first kappa shape index (κ1) is 16.2. The second-order valence-electron chi connectivity index (χ2n) is 6.27. The summed E-state index contributed by atoms with van der Waals surface area (Å²) in [6.45, 7) is 4.16. The standard InChI is InChI=1S/C19H19NO4/c1-12(2)13-7-8-16(18(9-13)24-3)19(21)10-14-5-4-6-17(20(22)23)15(14)11-19/h4-12,21H,1-3H3. The topological polar surface area (TPSA) is 72.6 Å². The fourth-order valence-electron chi connectivity index (χ4n) is 3.06. The van der Waals surface area contributed by atoms with E-state index in [4.69, 9.17) is 4.74 Å². The summed E-state index contributed by atoms with van der Waals surface area (Å²) in [6.07, 6.45) is 3.15. The molecule has 0 saturated heterocycles. The van der Waals surface area contributed by atoms with Crippen LogP contribution < -0.4 is 15.2 Å². The first-order valence-corrected chi connectivity index (χ1v) is 7.75. The molecule has 0 fully saturated rings. The van der Waals surface area contributed by atoms with E-state index in [2.05, 4.69) is 13.8 Å². The molecule has 2 aromatic rings. The molecule has 3 rings (SSSR count). The van der Waals surface area contributed by atoms with E-state index in [1.807, 2.05) is 18.2 Å². The van der Waals surface area contributed by atoms with E-state index in [0.29, 0.717) is 27.7 Å². The van der Waals surface area contributed by atoms with Crippen LogP contribution in [-0.4, -0.2) is 17.1 Å². The van der Waals surface area contributed by atoms with E-state index in [-0.39, 0.29) is 5.69 Å². The lowest BCUT2D eigenvalue weighted by atomic mass is 9.91. The molecule has 5 heteroatoms. The van der Waals surface area contributed by atoms with Crippen molar-refractivity contribution in [2.24, 2.45) is 0 Å². The number of non-ortho nitro benzene ring substituents is 1. The Kier molecular flexibility index (Phi) is 3.89. The number of fused-ring (bicyclic) bond motifs is 1. The highest BCUT2D eigenvalue weighted by atomic mass is 16.6. The molecule has 0 heterocycles. The summed E-state index contributed by atoms with van der Waals surface area (Å²) >= 11 is 0. The average Bonchev–Trinajstić information content (AvgIpc) is 2.90. The first-order valence-electron chi connectivity index (χ1n) is 7.75. The van der Waals surface area contributed by atoms with E-state index < -0.39 is 10.5 Å². The molecule has 1 aliphatic rings. The number of benzene rings is 2. The molecule has 5 nitrogen and oxygen atoms in total. The highest BCUT2D eigenvalue weighted by Gasteiger charge is 2.32. The van der Waals surface area contributed by atoms with Crippen LogP contribution in [0, 0.1) is 10.1 Å². The zero-order valence-electron chi connectivity index (χ0n) is 13.8. The normalized spacial score (nSPS) is 18.7. The number of hydrogen-bond acceptors (Lipinski definition) is 4.